The molecular formula is C16H30N2. The minimum Gasteiger partial charge on any atom is -0.317 e. The second-order valence-corrected chi connectivity index (χ2v) is 7.36. The van der Waals surface area contributed by atoms with Gasteiger partial charge >= 0.3 is 0 Å². The molecule has 0 aromatic heterocycles. The van der Waals surface area contributed by atoms with Crippen LogP contribution in [0.5, 0.6) is 0 Å². The molecule has 3 aliphatic rings. The van der Waals surface area contributed by atoms with Gasteiger partial charge in [-0.25, -0.2) is 0 Å². The zero-order valence-electron chi connectivity index (χ0n) is 12.1. The van der Waals surface area contributed by atoms with Gasteiger partial charge in [0.05, 0.1) is 0 Å². The smallest absolute Gasteiger partial charge is 0.00395 e. The molecule has 0 atom stereocenters. The lowest BCUT2D eigenvalue weighted by Crippen LogP contribution is -2.39. The van der Waals surface area contributed by atoms with E-state index < -0.39 is 0 Å². The molecule has 0 bridgehead atoms. The van der Waals surface area contributed by atoms with Crippen molar-refractivity contribution in [3.63, 3.8) is 0 Å². The maximum atomic E-state index is 3.52. The molecule has 2 heteroatoms. The topological polar surface area (TPSA) is 15.3 Å². The Labute approximate surface area is 113 Å². The third-order valence-corrected chi connectivity index (χ3v) is 5.83. The van der Waals surface area contributed by atoms with Crippen LogP contribution in [0.3, 0.4) is 0 Å². The molecule has 0 aromatic carbocycles. The van der Waals surface area contributed by atoms with Gasteiger partial charge in [-0.1, -0.05) is 19.8 Å². The van der Waals surface area contributed by atoms with Crippen LogP contribution in [0.25, 0.3) is 0 Å². The van der Waals surface area contributed by atoms with Crippen molar-refractivity contribution in [2.75, 3.05) is 32.7 Å². The van der Waals surface area contributed by atoms with Crippen molar-refractivity contribution in [1.82, 2.24) is 10.2 Å². The van der Waals surface area contributed by atoms with Crippen LogP contribution in [0, 0.1) is 17.3 Å². The SMILES string of the molecule is CC1CCC(CN2CCC3(CCNCC3)C2)CC1. The van der Waals surface area contributed by atoms with Crippen molar-refractivity contribution in [3.8, 4) is 0 Å². The van der Waals surface area contributed by atoms with Gasteiger partial charge in [-0.15, -0.1) is 0 Å². The highest BCUT2D eigenvalue weighted by molar-refractivity contribution is 4.93. The Balaban J connectivity index is 1.47. The quantitative estimate of drug-likeness (QED) is 0.810. The fraction of sp³-hybridized carbons (Fsp3) is 1.00. The zero-order valence-corrected chi connectivity index (χ0v) is 12.1. The number of likely N-dealkylation sites (tertiary alicyclic amines) is 1. The number of nitrogens with zero attached hydrogens (tertiary/aromatic N) is 1. The first-order valence-corrected chi connectivity index (χ1v) is 8.19. The minimum atomic E-state index is 0.702. The lowest BCUT2D eigenvalue weighted by atomic mass is 9.78. The Hall–Kier alpha value is -0.0800. The average molecular weight is 250 g/mol. The van der Waals surface area contributed by atoms with E-state index in [-0.39, 0.29) is 0 Å². The molecule has 2 aliphatic heterocycles. The molecule has 1 aliphatic carbocycles. The molecule has 2 nitrogen and oxygen atoms in total. The second-order valence-electron chi connectivity index (χ2n) is 7.36. The van der Waals surface area contributed by atoms with Crippen molar-refractivity contribution in [2.45, 2.75) is 51.9 Å². The van der Waals surface area contributed by atoms with Crippen LogP contribution in [0.15, 0.2) is 0 Å². The summed E-state index contributed by atoms with van der Waals surface area (Å²) in [5, 5.41) is 3.52. The lowest BCUT2D eigenvalue weighted by Gasteiger charge is -2.35. The Kier molecular flexibility index (Phi) is 3.95. The minimum absolute atomic E-state index is 0.702. The second kappa shape index (κ2) is 5.50. The van der Waals surface area contributed by atoms with E-state index in [0.717, 1.165) is 11.8 Å². The molecule has 2 saturated heterocycles. The van der Waals surface area contributed by atoms with Gasteiger partial charge in [-0.3, -0.25) is 0 Å². The highest BCUT2D eigenvalue weighted by Gasteiger charge is 2.39. The summed E-state index contributed by atoms with van der Waals surface area (Å²) < 4.78 is 0. The van der Waals surface area contributed by atoms with E-state index in [1.165, 1.54) is 77.7 Å². The summed E-state index contributed by atoms with van der Waals surface area (Å²) in [7, 11) is 0. The van der Waals surface area contributed by atoms with Gasteiger partial charge in [0.2, 0.25) is 0 Å². The summed E-state index contributed by atoms with van der Waals surface area (Å²) in [5.74, 6) is 2.01. The first-order chi connectivity index (χ1) is 8.76. The van der Waals surface area contributed by atoms with Crippen molar-refractivity contribution < 1.29 is 0 Å². The van der Waals surface area contributed by atoms with Gasteiger partial charge in [-0.2, -0.15) is 0 Å². The number of piperidine rings is 1. The highest BCUT2D eigenvalue weighted by atomic mass is 15.2. The summed E-state index contributed by atoms with van der Waals surface area (Å²) in [5.41, 5.74) is 0.702. The molecule has 1 saturated carbocycles. The number of rotatable bonds is 2. The summed E-state index contributed by atoms with van der Waals surface area (Å²) >= 11 is 0. The molecule has 104 valence electrons. The van der Waals surface area contributed by atoms with Crippen LogP contribution in [0.1, 0.15) is 51.9 Å². The monoisotopic (exact) mass is 250 g/mol. The van der Waals surface area contributed by atoms with Crippen molar-refractivity contribution >= 4 is 0 Å². The van der Waals surface area contributed by atoms with Crippen LogP contribution < -0.4 is 5.32 Å². The standard InChI is InChI=1S/C16H30N2/c1-14-2-4-15(5-3-14)12-18-11-8-16(13-18)6-9-17-10-7-16/h14-15,17H,2-13H2,1H3. The van der Waals surface area contributed by atoms with Gasteiger partial charge in [0.15, 0.2) is 0 Å². The Bertz CT molecular complexity index is 262. The van der Waals surface area contributed by atoms with Gasteiger partial charge in [0, 0.05) is 13.1 Å². The van der Waals surface area contributed by atoms with Crippen LogP contribution in [0.4, 0.5) is 0 Å². The van der Waals surface area contributed by atoms with E-state index in [4.69, 9.17) is 0 Å². The molecular weight excluding hydrogens is 220 g/mol. The van der Waals surface area contributed by atoms with E-state index in [9.17, 15) is 0 Å². The highest BCUT2D eigenvalue weighted by Crippen LogP contribution is 2.39. The van der Waals surface area contributed by atoms with Gasteiger partial charge in [0.25, 0.3) is 0 Å². The van der Waals surface area contributed by atoms with E-state index >= 15 is 0 Å². The summed E-state index contributed by atoms with van der Waals surface area (Å²) in [4.78, 5) is 2.80. The van der Waals surface area contributed by atoms with Gasteiger partial charge in [-0.05, 0) is 69.0 Å². The van der Waals surface area contributed by atoms with Crippen molar-refractivity contribution in [3.05, 3.63) is 0 Å². The zero-order chi connectivity index (χ0) is 12.4. The number of hydrogen-bond acceptors (Lipinski definition) is 2. The molecule has 0 amide bonds. The van der Waals surface area contributed by atoms with Crippen molar-refractivity contribution in [1.29, 1.82) is 0 Å². The van der Waals surface area contributed by atoms with E-state index in [1.54, 1.807) is 0 Å². The van der Waals surface area contributed by atoms with Crippen LogP contribution in [-0.4, -0.2) is 37.6 Å². The molecule has 1 N–H and O–H groups in total. The normalized spacial score (nSPS) is 37.2. The predicted octanol–water partition coefficient (Wildman–Crippen LogP) is 2.89. The van der Waals surface area contributed by atoms with E-state index in [1.807, 2.05) is 0 Å². The molecule has 3 rings (SSSR count). The fourth-order valence-electron chi connectivity index (χ4n) is 4.43. The number of hydrogen-bond donors (Lipinski definition) is 1. The summed E-state index contributed by atoms with van der Waals surface area (Å²) in [6, 6.07) is 0. The van der Waals surface area contributed by atoms with Crippen LogP contribution in [0.2, 0.25) is 0 Å². The van der Waals surface area contributed by atoms with Crippen molar-refractivity contribution in [2.24, 2.45) is 17.3 Å². The Morgan fingerprint density at radius 1 is 1.06 bits per heavy atom. The fourth-order valence-corrected chi connectivity index (χ4v) is 4.43. The molecule has 0 radical (unpaired) electrons. The Morgan fingerprint density at radius 3 is 2.50 bits per heavy atom. The maximum absolute atomic E-state index is 3.52. The third-order valence-electron chi connectivity index (χ3n) is 5.83. The van der Waals surface area contributed by atoms with E-state index in [0.29, 0.717) is 5.41 Å². The lowest BCUT2D eigenvalue weighted by molar-refractivity contribution is 0.167. The predicted molar refractivity (Wildman–Crippen MR) is 76.7 cm³/mol. The average Bonchev–Trinajstić information content (AvgIpc) is 2.76. The third kappa shape index (κ3) is 2.91. The molecule has 1 spiro atoms. The number of nitrogens with one attached hydrogen (secondary N) is 1. The molecule has 3 fully saturated rings. The first-order valence-electron chi connectivity index (χ1n) is 8.19. The molecule has 2 heterocycles. The van der Waals surface area contributed by atoms with E-state index in [2.05, 4.69) is 17.1 Å². The molecule has 0 aromatic rings. The van der Waals surface area contributed by atoms with Crippen LogP contribution in [-0.2, 0) is 0 Å². The first kappa shape index (κ1) is 12.9. The van der Waals surface area contributed by atoms with Gasteiger partial charge in [0.1, 0.15) is 0 Å². The Morgan fingerprint density at radius 2 is 1.78 bits per heavy atom. The van der Waals surface area contributed by atoms with Crippen LogP contribution >= 0.6 is 0 Å². The maximum Gasteiger partial charge on any atom is 0.00395 e. The molecule has 0 unspecified atom stereocenters. The summed E-state index contributed by atoms with van der Waals surface area (Å²) in [6.07, 6.45) is 10.3. The van der Waals surface area contributed by atoms with Gasteiger partial charge < -0.3 is 10.2 Å². The summed E-state index contributed by atoms with van der Waals surface area (Å²) in [6.45, 7) is 9.13. The largest absolute Gasteiger partial charge is 0.317 e. The molecule has 18 heavy (non-hydrogen) atoms.